The maximum absolute atomic E-state index is 13.4. The van der Waals surface area contributed by atoms with Crippen molar-refractivity contribution in [3.05, 3.63) is 29.6 Å². The molecule has 0 saturated heterocycles. The normalized spacial score (nSPS) is 12.6. The molecule has 1 N–H and O–H groups in total. The quantitative estimate of drug-likeness (QED) is 0.665. The van der Waals surface area contributed by atoms with E-state index in [0.29, 0.717) is 12.4 Å². The molecular weight excluding hydrogens is 249 g/mol. The summed E-state index contributed by atoms with van der Waals surface area (Å²) in [6.07, 6.45) is 0. The van der Waals surface area contributed by atoms with E-state index in [0.717, 1.165) is 5.56 Å². The van der Waals surface area contributed by atoms with Crippen LogP contribution in [0.4, 0.5) is 4.39 Å². The molecule has 0 saturated carbocycles. The molecule has 14 heavy (non-hydrogen) atoms. The lowest BCUT2D eigenvalue weighted by Crippen LogP contribution is -2.09. The topological polar surface area (TPSA) is 21.3 Å². The summed E-state index contributed by atoms with van der Waals surface area (Å²) in [6, 6.07) is 4.92. The van der Waals surface area contributed by atoms with Gasteiger partial charge in [0.15, 0.2) is 11.6 Å². The van der Waals surface area contributed by atoms with Crippen molar-refractivity contribution in [2.24, 2.45) is 0 Å². The minimum atomic E-state index is -0.330. The van der Waals surface area contributed by atoms with Crippen molar-refractivity contribution < 1.29 is 9.13 Å². The number of hydrogen-bond donors (Lipinski definition) is 1. The maximum Gasteiger partial charge on any atom is 0.165 e. The van der Waals surface area contributed by atoms with Crippen molar-refractivity contribution in [2.75, 3.05) is 13.7 Å². The van der Waals surface area contributed by atoms with Gasteiger partial charge in [-0.05, 0) is 31.7 Å². The average Bonchev–Trinajstić information content (AvgIpc) is 2.20. The highest BCUT2D eigenvalue weighted by Gasteiger charge is 2.08. The highest BCUT2D eigenvalue weighted by Crippen LogP contribution is 2.24. The Labute approximate surface area is 91.6 Å². The van der Waals surface area contributed by atoms with E-state index < -0.39 is 0 Å². The minimum absolute atomic E-state index is 0.0346. The Morgan fingerprint density at radius 1 is 1.57 bits per heavy atom. The van der Waals surface area contributed by atoms with Crippen LogP contribution in [0.2, 0.25) is 0 Å². The lowest BCUT2D eigenvalue weighted by atomic mass is 10.2. The van der Waals surface area contributed by atoms with Gasteiger partial charge in [-0.25, -0.2) is 4.39 Å². The SMILES string of the molecule is CCOc1ccc(C(Br)NC)cc1F. The third-order valence-corrected chi connectivity index (χ3v) is 2.79. The summed E-state index contributed by atoms with van der Waals surface area (Å²) in [5, 5.41) is 2.97. The third-order valence-electron chi connectivity index (χ3n) is 1.80. The fourth-order valence-electron chi connectivity index (χ4n) is 1.11. The molecule has 4 heteroatoms. The standard InChI is InChI=1S/C10H13BrFNO/c1-3-14-9-5-4-7(6-8(9)12)10(11)13-2/h4-6,10,13H,3H2,1-2H3. The van der Waals surface area contributed by atoms with Crippen LogP contribution < -0.4 is 10.1 Å². The van der Waals surface area contributed by atoms with E-state index in [1.807, 2.05) is 13.0 Å². The van der Waals surface area contributed by atoms with Crippen LogP contribution in [0.5, 0.6) is 5.75 Å². The smallest absolute Gasteiger partial charge is 0.165 e. The first kappa shape index (κ1) is 11.5. The molecule has 0 radical (unpaired) electrons. The van der Waals surface area contributed by atoms with Gasteiger partial charge in [0.25, 0.3) is 0 Å². The summed E-state index contributed by atoms with van der Waals surface area (Å²) < 4.78 is 18.5. The number of hydrogen-bond acceptors (Lipinski definition) is 2. The van der Waals surface area contributed by atoms with Crippen LogP contribution in [0.3, 0.4) is 0 Å². The van der Waals surface area contributed by atoms with Crippen LogP contribution >= 0.6 is 15.9 Å². The van der Waals surface area contributed by atoms with Crippen molar-refractivity contribution in [3.63, 3.8) is 0 Å². The number of halogens is 2. The Hall–Kier alpha value is -0.610. The van der Waals surface area contributed by atoms with Gasteiger partial charge >= 0.3 is 0 Å². The third kappa shape index (κ3) is 2.69. The van der Waals surface area contributed by atoms with Gasteiger partial charge in [0, 0.05) is 0 Å². The molecule has 0 aliphatic heterocycles. The molecule has 0 amide bonds. The Morgan fingerprint density at radius 3 is 2.79 bits per heavy atom. The van der Waals surface area contributed by atoms with Crippen LogP contribution in [0.25, 0.3) is 0 Å². The second-order valence-corrected chi connectivity index (χ2v) is 3.69. The zero-order valence-corrected chi connectivity index (χ0v) is 9.77. The lowest BCUT2D eigenvalue weighted by molar-refractivity contribution is 0.321. The molecule has 0 spiro atoms. The van der Waals surface area contributed by atoms with Crippen molar-refractivity contribution in [3.8, 4) is 5.75 Å². The van der Waals surface area contributed by atoms with Crippen LogP contribution in [-0.4, -0.2) is 13.7 Å². The predicted molar refractivity (Wildman–Crippen MR) is 58.3 cm³/mol. The second-order valence-electron chi connectivity index (χ2n) is 2.77. The number of rotatable bonds is 4. The van der Waals surface area contributed by atoms with Gasteiger partial charge in [-0.15, -0.1) is 0 Å². The zero-order valence-electron chi connectivity index (χ0n) is 8.18. The van der Waals surface area contributed by atoms with Crippen LogP contribution in [0.15, 0.2) is 18.2 Å². The fraction of sp³-hybridized carbons (Fsp3) is 0.400. The Morgan fingerprint density at radius 2 is 2.29 bits per heavy atom. The molecule has 1 rings (SSSR count). The molecule has 78 valence electrons. The van der Waals surface area contributed by atoms with Gasteiger partial charge in [0.1, 0.15) is 0 Å². The van der Waals surface area contributed by atoms with E-state index in [-0.39, 0.29) is 10.8 Å². The summed E-state index contributed by atoms with van der Waals surface area (Å²) in [4.78, 5) is -0.0346. The zero-order chi connectivity index (χ0) is 10.6. The Bertz CT molecular complexity index is 306. The predicted octanol–water partition coefficient (Wildman–Crippen LogP) is 2.84. The van der Waals surface area contributed by atoms with Gasteiger partial charge < -0.3 is 10.1 Å². The molecule has 1 aromatic carbocycles. The molecule has 1 aromatic rings. The first-order valence-corrected chi connectivity index (χ1v) is 5.34. The molecule has 0 heterocycles. The van der Waals surface area contributed by atoms with Gasteiger partial charge in [-0.1, -0.05) is 22.0 Å². The van der Waals surface area contributed by atoms with E-state index in [4.69, 9.17) is 4.74 Å². The lowest BCUT2D eigenvalue weighted by Gasteiger charge is -2.10. The molecule has 1 atom stereocenters. The van der Waals surface area contributed by atoms with E-state index in [1.54, 1.807) is 13.1 Å². The first-order chi connectivity index (χ1) is 6.69. The number of benzene rings is 1. The molecule has 0 aromatic heterocycles. The Balaban J connectivity index is 2.88. The van der Waals surface area contributed by atoms with Crippen molar-refractivity contribution in [1.82, 2.24) is 5.32 Å². The summed E-state index contributed by atoms with van der Waals surface area (Å²) in [5.41, 5.74) is 0.841. The van der Waals surface area contributed by atoms with E-state index in [2.05, 4.69) is 21.2 Å². The highest BCUT2D eigenvalue weighted by atomic mass is 79.9. The van der Waals surface area contributed by atoms with Crippen molar-refractivity contribution in [1.29, 1.82) is 0 Å². The van der Waals surface area contributed by atoms with Gasteiger partial charge in [-0.3, -0.25) is 0 Å². The molecule has 0 aliphatic carbocycles. The molecule has 2 nitrogen and oxygen atoms in total. The van der Waals surface area contributed by atoms with Gasteiger partial charge in [0.05, 0.1) is 11.6 Å². The molecule has 1 unspecified atom stereocenters. The van der Waals surface area contributed by atoms with Crippen molar-refractivity contribution >= 4 is 15.9 Å². The number of ether oxygens (including phenoxy) is 1. The van der Waals surface area contributed by atoms with E-state index >= 15 is 0 Å². The largest absolute Gasteiger partial charge is 0.491 e. The molecule has 0 fully saturated rings. The van der Waals surface area contributed by atoms with E-state index in [9.17, 15) is 4.39 Å². The summed E-state index contributed by atoms with van der Waals surface area (Å²) in [6.45, 7) is 2.30. The summed E-state index contributed by atoms with van der Waals surface area (Å²) in [5.74, 6) is -0.0314. The summed E-state index contributed by atoms with van der Waals surface area (Å²) in [7, 11) is 1.80. The second kappa shape index (κ2) is 5.32. The first-order valence-electron chi connectivity index (χ1n) is 4.42. The van der Waals surface area contributed by atoms with Crippen LogP contribution in [0.1, 0.15) is 17.4 Å². The fourth-order valence-corrected chi connectivity index (χ4v) is 1.40. The molecular formula is C10H13BrFNO. The number of alkyl halides is 1. The van der Waals surface area contributed by atoms with Gasteiger partial charge in [0.2, 0.25) is 0 Å². The minimum Gasteiger partial charge on any atom is -0.491 e. The highest BCUT2D eigenvalue weighted by molar-refractivity contribution is 9.09. The van der Waals surface area contributed by atoms with Crippen molar-refractivity contribution in [2.45, 2.75) is 11.9 Å². The maximum atomic E-state index is 13.4. The average molecular weight is 262 g/mol. The monoisotopic (exact) mass is 261 g/mol. The van der Waals surface area contributed by atoms with Crippen LogP contribution in [-0.2, 0) is 0 Å². The Kier molecular flexibility index (Phi) is 4.35. The molecule has 0 bridgehead atoms. The number of nitrogens with one attached hydrogen (secondary N) is 1. The molecule has 0 aliphatic rings. The van der Waals surface area contributed by atoms with Gasteiger partial charge in [-0.2, -0.15) is 0 Å². The summed E-state index contributed by atoms with van der Waals surface area (Å²) >= 11 is 3.36. The van der Waals surface area contributed by atoms with E-state index in [1.165, 1.54) is 6.07 Å². The van der Waals surface area contributed by atoms with Crippen LogP contribution in [0, 0.1) is 5.82 Å².